The van der Waals surface area contributed by atoms with Gasteiger partial charge in [-0.1, -0.05) is 31.5 Å². The third-order valence-electron chi connectivity index (χ3n) is 6.02. The van der Waals surface area contributed by atoms with Gasteiger partial charge in [-0.05, 0) is 61.9 Å². The molecule has 180 valence electrons. The van der Waals surface area contributed by atoms with E-state index in [1.165, 1.54) is 6.20 Å². The third kappa shape index (κ3) is 4.57. The molecular formula is C25H30N4O4S. The van der Waals surface area contributed by atoms with Crippen molar-refractivity contribution >= 4 is 15.9 Å². The Morgan fingerprint density at radius 1 is 1.18 bits per heavy atom. The number of aromatic nitrogens is 3. The number of carbonyl (C=O) groups is 1. The summed E-state index contributed by atoms with van der Waals surface area (Å²) in [5.74, 6) is -0.0158. The molecule has 0 saturated heterocycles. The number of pyridine rings is 1. The average molecular weight is 483 g/mol. The lowest BCUT2D eigenvalue weighted by Crippen LogP contribution is -2.34. The fourth-order valence-electron chi connectivity index (χ4n) is 4.21. The normalized spacial score (nSPS) is 17.2. The van der Waals surface area contributed by atoms with Crippen LogP contribution in [0, 0.1) is 13.8 Å². The molecule has 0 radical (unpaired) electrons. The van der Waals surface area contributed by atoms with E-state index in [0.717, 1.165) is 27.8 Å². The highest BCUT2D eigenvalue weighted by atomic mass is 32.2. The molecule has 1 amide bonds. The number of sulfonamides is 1. The monoisotopic (exact) mass is 482 g/mol. The fraction of sp³-hybridized carbons (Fsp3) is 0.400. The van der Waals surface area contributed by atoms with Crippen LogP contribution in [0.1, 0.15) is 56.0 Å². The van der Waals surface area contributed by atoms with Gasteiger partial charge in [0, 0.05) is 18.5 Å². The Morgan fingerprint density at radius 2 is 1.91 bits per heavy atom. The van der Waals surface area contributed by atoms with Gasteiger partial charge in [-0.2, -0.15) is 5.10 Å². The molecule has 0 fully saturated rings. The van der Waals surface area contributed by atoms with Crippen molar-refractivity contribution in [1.29, 1.82) is 0 Å². The number of hydrogen-bond donors (Lipinski definition) is 1. The molecule has 0 aliphatic carbocycles. The first-order chi connectivity index (χ1) is 15.9. The van der Waals surface area contributed by atoms with E-state index >= 15 is 0 Å². The summed E-state index contributed by atoms with van der Waals surface area (Å²) in [5.41, 5.74) is 4.19. The number of nitrogens with zero attached hydrogens (tertiary/aromatic N) is 3. The maximum Gasteiger partial charge on any atom is 0.267 e. The second-order valence-electron chi connectivity index (χ2n) is 9.75. The van der Waals surface area contributed by atoms with Crippen molar-refractivity contribution in [3.8, 4) is 17.0 Å². The third-order valence-corrected chi connectivity index (χ3v) is 7.50. The standard InChI is InChI=1S/C25H30N4O4S/c1-15(2)19-9-16(3)10-20-18-7-8-26-24(11-18)33-14-25(5,6)29-13-22(17(4)27-29)34(31,32)28-23(30)12-21(19)20/h7-11,13,15H,12,14H2,1-6H3,(H,28,30). The highest BCUT2D eigenvalue weighted by Gasteiger charge is 2.30. The van der Waals surface area contributed by atoms with Gasteiger partial charge in [0.05, 0.1) is 17.7 Å². The maximum atomic E-state index is 13.1. The Balaban J connectivity index is 1.93. The van der Waals surface area contributed by atoms with Crippen molar-refractivity contribution in [2.24, 2.45) is 0 Å². The molecule has 4 rings (SSSR count). The predicted molar refractivity (Wildman–Crippen MR) is 129 cm³/mol. The first kappa shape index (κ1) is 23.9. The number of benzene rings is 1. The van der Waals surface area contributed by atoms with Crippen LogP contribution < -0.4 is 9.46 Å². The van der Waals surface area contributed by atoms with Gasteiger partial charge in [0.25, 0.3) is 10.0 Å². The Kier molecular flexibility index (Phi) is 6.01. The number of amides is 1. The minimum absolute atomic E-state index is 0.0318. The van der Waals surface area contributed by atoms with Gasteiger partial charge in [0.2, 0.25) is 11.8 Å². The Bertz CT molecular complexity index is 1370. The van der Waals surface area contributed by atoms with E-state index in [1.54, 1.807) is 17.8 Å². The molecule has 2 aromatic heterocycles. The summed E-state index contributed by atoms with van der Waals surface area (Å²) in [4.78, 5) is 17.4. The van der Waals surface area contributed by atoms with Crippen molar-refractivity contribution in [3.05, 3.63) is 59.0 Å². The van der Waals surface area contributed by atoms with Gasteiger partial charge in [-0.15, -0.1) is 0 Å². The number of nitrogens with one attached hydrogen (secondary N) is 1. The summed E-state index contributed by atoms with van der Waals surface area (Å²) in [7, 11) is -4.10. The second-order valence-corrected chi connectivity index (χ2v) is 11.4. The zero-order chi connectivity index (χ0) is 24.8. The lowest BCUT2D eigenvalue weighted by Gasteiger charge is -2.25. The van der Waals surface area contributed by atoms with Crippen LogP contribution in [-0.4, -0.2) is 35.7 Å². The van der Waals surface area contributed by atoms with E-state index in [2.05, 4.69) is 34.7 Å². The second kappa shape index (κ2) is 8.54. The van der Waals surface area contributed by atoms with Crippen LogP contribution in [0.2, 0.25) is 0 Å². The lowest BCUT2D eigenvalue weighted by molar-refractivity contribution is -0.118. The summed E-state index contributed by atoms with van der Waals surface area (Å²) >= 11 is 0. The molecule has 4 bridgehead atoms. The van der Waals surface area contributed by atoms with E-state index in [0.29, 0.717) is 11.6 Å². The summed E-state index contributed by atoms with van der Waals surface area (Å²) in [6.07, 6.45) is 3.03. The van der Waals surface area contributed by atoms with Crippen molar-refractivity contribution in [3.63, 3.8) is 0 Å². The van der Waals surface area contributed by atoms with Crippen molar-refractivity contribution in [2.45, 2.75) is 64.3 Å². The van der Waals surface area contributed by atoms with Crippen LogP contribution >= 0.6 is 0 Å². The Morgan fingerprint density at radius 3 is 2.62 bits per heavy atom. The summed E-state index contributed by atoms with van der Waals surface area (Å²) in [6.45, 7) is 11.7. The van der Waals surface area contributed by atoms with Crippen LogP contribution in [0.15, 0.2) is 41.6 Å². The van der Waals surface area contributed by atoms with Crippen LogP contribution in [0.4, 0.5) is 0 Å². The highest BCUT2D eigenvalue weighted by molar-refractivity contribution is 7.90. The van der Waals surface area contributed by atoms with Crippen LogP contribution in [0.5, 0.6) is 5.88 Å². The van der Waals surface area contributed by atoms with Gasteiger partial charge in [-0.3, -0.25) is 9.48 Å². The molecule has 1 aliphatic heterocycles. The number of ether oxygens (including phenoxy) is 1. The maximum absolute atomic E-state index is 13.1. The van der Waals surface area contributed by atoms with E-state index in [1.807, 2.05) is 39.0 Å². The molecule has 1 aromatic carbocycles. The Labute approximate surface area is 200 Å². The molecule has 0 unspecified atom stereocenters. The number of rotatable bonds is 1. The molecule has 1 N–H and O–H groups in total. The number of carbonyl (C=O) groups excluding carboxylic acids is 1. The number of hydrogen-bond acceptors (Lipinski definition) is 6. The average Bonchev–Trinajstić information content (AvgIpc) is 3.16. The molecule has 1 aliphatic rings. The van der Waals surface area contributed by atoms with Gasteiger partial charge < -0.3 is 4.74 Å². The van der Waals surface area contributed by atoms with Gasteiger partial charge in [0.15, 0.2) is 0 Å². The van der Waals surface area contributed by atoms with Gasteiger partial charge in [0.1, 0.15) is 11.5 Å². The van der Waals surface area contributed by atoms with Crippen LogP contribution in [-0.2, 0) is 26.8 Å². The summed E-state index contributed by atoms with van der Waals surface area (Å²) in [6, 6.07) is 7.79. The van der Waals surface area contributed by atoms with E-state index in [9.17, 15) is 13.2 Å². The number of fused-ring (bicyclic) bond motifs is 6. The molecule has 3 heterocycles. The summed E-state index contributed by atoms with van der Waals surface area (Å²) in [5, 5.41) is 4.39. The lowest BCUT2D eigenvalue weighted by atomic mass is 9.87. The Hall–Kier alpha value is -3.20. The van der Waals surface area contributed by atoms with E-state index in [-0.39, 0.29) is 23.8 Å². The topological polar surface area (TPSA) is 103 Å². The molecule has 0 saturated carbocycles. The first-order valence-corrected chi connectivity index (χ1v) is 12.7. The van der Waals surface area contributed by atoms with Crippen LogP contribution in [0.3, 0.4) is 0 Å². The SMILES string of the molecule is Cc1cc2c(c(C(C)C)c1)CC(=O)NS(=O)(=O)c1cn(nc1C)C(C)(C)COc1cc-2ccn1. The quantitative estimate of drug-likeness (QED) is 0.565. The van der Waals surface area contributed by atoms with Crippen LogP contribution in [0.25, 0.3) is 11.1 Å². The first-order valence-electron chi connectivity index (χ1n) is 11.2. The largest absolute Gasteiger partial charge is 0.475 e. The van der Waals surface area contributed by atoms with Gasteiger partial charge in [-0.25, -0.2) is 18.1 Å². The molecule has 9 heteroatoms. The van der Waals surface area contributed by atoms with Crippen molar-refractivity contribution < 1.29 is 17.9 Å². The summed E-state index contributed by atoms with van der Waals surface area (Å²) < 4.78 is 36.1. The number of aryl methyl sites for hydroxylation is 2. The molecule has 0 spiro atoms. The zero-order valence-electron chi connectivity index (χ0n) is 20.3. The highest BCUT2D eigenvalue weighted by Crippen LogP contribution is 2.34. The van der Waals surface area contributed by atoms with Gasteiger partial charge >= 0.3 is 0 Å². The minimum atomic E-state index is -4.10. The fourth-order valence-corrected chi connectivity index (χ4v) is 5.36. The predicted octanol–water partition coefficient (Wildman–Crippen LogP) is 3.86. The molecule has 34 heavy (non-hydrogen) atoms. The zero-order valence-corrected chi connectivity index (χ0v) is 21.2. The van der Waals surface area contributed by atoms with Crippen molar-refractivity contribution in [2.75, 3.05) is 6.61 Å². The smallest absolute Gasteiger partial charge is 0.267 e. The molecule has 0 atom stereocenters. The molecule has 3 aromatic rings. The van der Waals surface area contributed by atoms with E-state index in [4.69, 9.17) is 4.74 Å². The molecular weight excluding hydrogens is 452 g/mol. The minimum Gasteiger partial charge on any atom is -0.475 e. The van der Waals surface area contributed by atoms with Crippen molar-refractivity contribution in [1.82, 2.24) is 19.5 Å². The molecule has 8 nitrogen and oxygen atoms in total. The van der Waals surface area contributed by atoms with E-state index < -0.39 is 21.5 Å².